The van der Waals surface area contributed by atoms with Crippen molar-refractivity contribution < 1.29 is 4.74 Å². The standard InChI is InChI=1S/C15H13Cl2N3OS/c1-21-11-5-2-4-10(8-11)19-15(22)20-18-9-12-13(16)6-3-7-14(12)17/h2-9H,1H3,(H2,19,20,22)/b18-9-. The number of rotatable bonds is 4. The maximum atomic E-state index is 6.04. The molecule has 0 atom stereocenters. The summed E-state index contributed by atoms with van der Waals surface area (Å²) < 4.78 is 5.14. The van der Waals surface area contributed by atoms with Crippen molar-refractivity contribution in [2.24, 2.45) is 5.10 Å². The highest BCUT2D eigenvalue weighted by Crippen LogP contribution is 2.22. The molecule has 0 aliphatic heterocycles. The molecule has 0 radical (unpaired) electrons. The van der Waals surface area contributed by atoms with Gasteiger partial charge >= 0.3 is 0 Å². The van der Waals surface area contributed by atoms with Crippen LogP contribution in [0.4, 0.5) is 5.69 Å². The maximum absolute atomic E-state index is 6.04. The van der Waals surface area contributed by atoms with Crippen molar-refractivity contribution in [1.82, 2.24) is 5.43 Å². The molecule has 22 heavy (non-hydrogen) atoms. The van der Waals surface area contributed by atoms with Crippen LogP contribution in [0.15, 0.2) is 47.6 Å². The number of hydrazone groups is 1. The Kier molecular flexibility index (Phi) is 6.00. The zero-order chi connectivity index (χ0) is 15.9. The lowest BCUT2D eigenvalue weighted by molar-refractivity contribution is 0.415. The summed E-state index contributed by atoms with van der Waals surface area (Å²) in [7, 11) is 1.60. The van der Waals surface area contributed by atoms with Crippen LogP contribution >= 0.6 is 35.4 Å². The summed E-state index contributed by atoms with van der Waals surface area (Å²) in [6.07, 6.45) is 1.52. The van der Waals surface area contributed by atoms with Crippen molar-refractivity contribution in [2.75, 3.05) is 12.4 Å². The van der Waals surface area contributed by atoms with Gasteiger partial charge in [-0.2, -0.15) is 5.10 Å². The minimum Gasteiger partial charge on any atom is -0.497 e. The van der Waals surface area contributed by atoms with Gasteiger partial charge in [-0.15, -0.1) is 0 Å². The second-order valence-corrected chi connectivity index (χ2v) is 5.41. The van der Waals surface area contributed by atoms with Crippen LogP contribution in [0.1, 0.15) is 5.56 Å². The largest absolute Gasteiger partial charge is 0.497 e. The molecule has 7 heteroatoms. The SMILES string of the molecule is COc1cccc(NC(=S)N/N=C\c2c(Cl)cccc2Cl)c1. The first-order chi connectivity index (χ1) is 10.6. The van der Waals surface area contributed by atoms with E-state index in [4.69, 9.17) is 40.2 Å². The number of ether oxygens (including phenoxy) is 1. The van der Waals surface area contributed by atoms with Crippen LogP contribution in [0.3, 0.4) is 0 Å². The highest BCUT2D eigenvalue weighted by atomic mass is 35.5. The molecule has 0 aromatic heterocycles. The van der Waals surface area contributed by atoms with Gasteiger partial charge in [0.1, 0.15) is 5.75 Å². The number of methoxy groups -OCH3 is 1. The lowest BCUT2D eigenvalue weighted by atomic mass is 10.2. The van der Waals surface area contributed by atoms with Crippen LogP contribution in [-0.4, -0.2) is 18.4 Å². The van der Waals surface area contributed by atoms with Gasteiger partial charge in [-0.05, 0) is 36.5 Å². The molecular formula is C15H13Cl2N3OS. The monoisotopic (exact) mass is 353 g/mol. The van der Waals surface area contributed by atoms with Gasteiger partial charge in [0.25, 0.3) is 0 Å². The van der Waals surface area contributed by atoms with Gasteiger partial charge in [0.2, 0.25) is 0 Å². The van der Waals surface area contributed by atoms with E-state index in [0.717, 1.165) is 11.4 Å². The van der Waals surface area contributed by atoms with Crippen LogP contribution < -0.4 is 15.5 Å². The molecule has 0 spiro atoms. The van der Waals surface area contributed by atoms with E-state index in [1.165, 1.54) is 6.21 Å². The van der Waals surface area contributed by atoms with Crippen LogP contribution in [0, 0.1) is 0 Å². The van der Waals surface area contributed by atoms with Crippen LogP contribution in [0.2, 0.25) is 10.0 Å². The summed E-state index contributed by atoms with van der Waals surface area (Å²) in [6.45, 7) is 0. The van der Waals surface area contributed by atoms with Crippen molar-refractivity contribution in [3.8, 4) is 5.75 Å². The maximum Gasteiger partial charge on any atom is 0.191 e. The van der Waals surface area contributed by atoms with Crippen molar-refractivity contribution in [1.29, 1.82) is 0 Å². The van der Waals surface area contributed by atoms with Crippen molar-refractivity contribution in [3.05, 3.63) is 58.1 Å². The Bertz CT molecular complexity index is 687. The second kappa shape index (κ2) is 7.98. The van der Waals surface area contributed by atoms with E-state index >= 15 is 0 Å². The molecule has 2 aromatic rings. The number of hydrogen-bond acceptors (Lipinski definition) is 3. The van der Waals surface area contributed by atoms with Crippen molar-refractivity contribution in [2.45, 2.75) is 0 Å². The van der Waals surface area contributed by atoms with Crippen LogP contribution in [0.25, 0.3) is 0 Å². The molecule has 2 aromatic carbocycles. The smallest absolute Gasteiger partial charge is 0.191 e. The quantitative estimate of drug-likeness (QED) is 0.488. The molecule has 0 saturated carbocycles. The molecule has 114 valence electrons. The Morgan fingerprint density at radius 1 is 1.18 bits per heavy atom. The number of thiocarbonyl (C=S) groups is 1. The van der Waals surface area contributed by atoms with Crippen LogP contribution in [0.5, 0.6) is 5.75 Å². The number of benzene rings is 2. The molecule has 0 unspecified atom stereocenters. The van der Waals surface area contributed by atoms with Gasteiger partial charge in [0, 0.05) is 17.3 Å². The van der Waals surface area contributed by atoms with Gasteiger partial charge < -0.3 is 10.1 Å². The summed E-state index contributed by atoms with van der Waals surface area (Å²) in [5, 5.41) is 8.39. The van der Waals surface area contributed by atoms with Gasteiger partial charge in [-0.25, -0.2) is 0 Å². The molecule has 0 saturated heterocycles. The number of nitrogens with one attached hydrogen (secondary N) is 2. The number of nitrogens with zero attached hydrogens (tertiary/aromatic N) is 1. The van der Waals surface area contributed by atoms with Gasteiger partial charge in [-0.1, -0.05) is 35.3 Å². The summed E-state index contributed by atoms with van der Waals surface area (Å²) in [4.78, 5) is 0. The molecule has 0 fully saturated rings. The van der Waals surface area contributed by atoms with Gasteiger partial charge in [0.15, 0.2) is 5.11 Å². The lowest BCUT2D eigenvalue weighted by Crippen LogP contribution is -2.23. The zero-order valence-corrected chi connectivity index (χ0v) is 14.0. The Morgan fingerprint density at radius 2 is 1.86 bits per heavy atom. The summed E-state index contributed by atoms with van der Waals surface area (Å²) >= 11 is 17.2. The average Bonchev–Trinajstić information content (AvgIpc) is 2.50. The topological polar surface area (TPSA) is 45.6 Å². The number of halogens is 2. The fraction of sp³-hybridized carbons (Fsp3) is 0.0667. The Balaban J connectivity index is 1.96. The van der Waals surface area contributed by atoms with E-state index in [9.17, 15) is 0 Å². The highest BCUT2D eigenvalue weighted by Gasteiger charge is 2.02. The predicted octanol–water partition coefficient (Wildman–Crippen LogP) is 4.32. The van der Waals surface area contributed by atoms with E-state index in [-0.39, 0.29) is 0 Å². The minimum atomic E-state index is 0.340. The Labute approximate surface area is 144 Å². The molecule has 2 N–H and O–H groups in total. The molecule has 4 nitrogen and oxygen atoms in total. The first-order valence-electron chi connectivity index (χ1n) is 6.28. The van der Waals surface area contributed by atoms with Crippen molar-refractivity contribution in [3.63, 3.8) is 0 Å². The second-order valence-electron chi connectivity index (χ2n) is 4.19. The number of anilines is 1. The number of hydrogen-bond donors (Lipinski definition) is 2. The Morgan fingerprint density at radius 3 is 2.55 bits per heavy atom. The van der Waals surface area contributed by atoms with E-state index in [1.807, 2.05) is 24.3 Å². The average molecular weight is 354 g/mol. The summed E-state index contributed by atoms with van der Waals surface area (Å²) in [5.41, 5.74) is 4.12. The molecule has 0 heterocycles. The summed E-state index contributed by atoms with van der Waals surface area (Å²) in [5.74, 6) is 0.735. The molecule has 0 aliphatic rings. The van der Waals surface area contributed by atoms with E-state index in [1.54, 1.807) is 25.3 Å². The lowest BCUT2D eigenvalue weighted by Gasteiger charge is -2.08. The fourth-order valence-corrected chi connectivity index (χ4v) is 2.31. The Hall–Kier alpha value is -1.82. The first-order valence-corrected chi connectivity index (χ1v) is 7.44. The highest BCUT2D eigenvalue weighted by molar-refractivity contribution is 7.80. The summed E-state index contributed by atoms with van der Waals surface area (Å²) in [6, 6.07) is 12.6. The third kappa shape index (κ3) is 4.59. The molecule has 0 amide bonds. The zero-order valence-electron chi connectivity index (χ0n) is 11.6. The molecule has 0 aliphatic carbocycles. The third-order valence-electron chi connectivity index (χ3n) is 2.69. The fourth-order valence-electron chi connectivity index (χ4n) is 1.65. The molecule has 2 rings (SSSR count). The van der Waals surface area contributed by atoms with Gasteiger partial charge in [0.05, 0.1) is 23.4 Å². The van der Waals surface area contributed by atoms with E-state index in [2.05, 4.69) is 15.8 Å². The minimum absolute atomic E-state index is 0.340. The third-order valence-corrected chi connectivity index (χ3v) is 3.54. The first kappa shape index (κ1) is 16.5. The molecular weight excluding hydrogens is 341 g/mol. The van der Waals surface area contributed by atoms with Crippen molar-refractivity contribution >= 4 is 52.4 Å². The van der Waals surface area contributed by atoms with E-state index < -0.39 is 0 Å². The predicted molar refractivity (Wildman–Crippen MR) is 96.4 cm³/mol. The normalized spacial score (nSPS) is 10.5. The van der Waals surface area contributed by atoms with Crippen LogP contribution in [-0.2, 0) is 0 Å². The molecule has 0 bridgehead atoms. The van der Waals surface area contributed by atoms with E-state index in [0.29, 0.717) is 20.7 Å². The van der Waals surface area contributed by atoms with Gasteiger partial charge in [-0.3, -0.25) is 5.43 Å².